The molecule has 3 rings (SSSR count). The molecule has 1 atom stereocenters. The fraction of sp³-hybridized carbons (Fsp3) is 0.529. The fourth-order valence-electron chi connectivity index (χ4n) is 3.02. The molecule has 124 valence electrons. The number of carbonyl (C=O) groups is 2. The Labute approximate surface area is 135 Å². The van der Waals surface area contributed by atoms with Crippen LogP contribution in [0.1, 0.15) is 32.8 Å². The Morgan fingerprint density at radius 3 is 2.78 bits per heavy atom. The second kappa shape index (κ2) is 5.53. The Bertz CT molecular complexity index is 638. The molecule has 1 fully saturated rings. The lowest BCUT2D eigenvalue weighted by molar-refractivity contribution is -0.133. The summed E-state index contributed by atoms with van der Waals surface area (Å²) >= 11 is 0. The van der Waals surface area contributed by atoms with Crippen molar-refractivity contribution in [1.82, 2.24) is 10.2 Å². The summed E-state index contributed by atoms with van der Waals surface area (Å²) in [6.45, 7) is 6.78. The molecular weight excluding hydrogens is 296 g/mol. The van der Waals surface area contributed by atoms with Gasteiger partial charge in [-0.25, -0.2) is 4.79 Å². The largest absolute Gasteiger partial charge is 0.493 e. The van der Waals surface area contributed by atoms with Crippen molar-refractivity contribution in [2.45, 2.75) is 38.3 Å². The van der Waals surface area contributed by atoms with Crippen molar-refractivity contribution in [2.24, 2.45) is 0 Å². The second-order valence-corrected chi connectivity index (χ2v) is 6.85. The Kier molecular flexibility index (Phi) is 3.80. The summed E-state index contributed by atoms with van der Waals surface area (Å²) in [6, 6.07) is 6.99. The van der Waals surface area contributed by atoms with E-state index in [4.69, 9.17) is 9.47 Å². The summed E-state index contributed by atoms with van der Waals surface area (Å²) in [4.78, 5) is 26.5. The maximum atomic E-state index is 12.9. The third kappa shape index (κ3) is 2.79. The molecule has 6 heteroatoms. The van der Waals surface area contributed by atoms with Gasteiger partial charge in [0.1, 0.15) is 5.75 Å². The standard InChI is InChI=1S/C17H22N2O4/c1-16(2,3)23-11-9-19-14(20)17(18-15(19)21)8-10-22-13-7-5-4-6-12(13)17/h4-7H,8-11H2,1-3H3,(H,18,21)/t17-/m1/s1. The zero-order valence-electron chi connectivity index (χ0n) is 13.7. The highest BCUT2D eigenvalue weighted by Crippen LogP contribution is 2.40. The molecular formula is C17H22N2O4. The molecule has 1 N–H and O–H groups in total. The average Bonchev–Trinajstić information content (AvgIpc) is 2.72. The molecule has 0 aromatic heterocycles. The van der Waals surface area contributed by atoms with E-state index in [0.29, 0.717) is 25.4 Å². The van der Waals surface area contributed by atoms with Crippen LogP contribution >= 0.6 is 0 Å². The highest BCUT2D eigenvalue weighted by atomic mass is 16.5. The first-order chi connectivity index (χ1) is 10.8. The van der Waals surface area contributed by atoms with Crippen molar-refractivity contribution >= 4 is 11.9 Å². The van der Waals surface area contributed by atoms with Crippen LogP contribution in [-0.2, 0) is 15.1 Å². The van der Waals surface area contributed by atoms with E-state index in [9.17, 15) is 9.59 Å². The topological polar surface area (TPSA) is 67.9 Å². The molecule has 0 saturated carbocycles. The summed E-state index contributed by atoms with van der Waals surface area (Å²) in [6.07, 6.45) is 0.436. The molecule has 1 aromatic rings. The third-order valence-corrected chi connectivity index (χ3v) is 4.11. The number of hydrogen-bond acceptors (Lipinski definition) is 4. The lowest BCUT2D eigenvalue weighted by atomic mass is 9.84. The minimum atomic E-state index is -1.01. The van der Waals surface area contributed by atoms with Crippen LogP contribution in [-0.4, -0.2) is 42.2 Å². The maximum absolute atomic E-state index is 12.9. The monoisotopic (exact) mass is 318 g/mol. The summed E-state index contributed by atoms with van der Waals surface area (Å²) < 4.78 is 11.2. The number of carbonyl (C=O) groups excluding carboxylic acids is 2. The van der Waals surface area contributed by atoms with E-state index in [2.05, 4.69) is 5.32 Å². The zero-order chi connectivity index (χ0) is 16.7. The predicted molar refractivity (Wildman–Crippen MR) is 84.2 cm³/mol. The van der Waals surface area contributed by atoms with Gasteiger partial charge in [-0.1, -0.05) is 18.2 Å². The van der Waals surface area contributed by atoms with Crippen molar-refractivity contribution in [2.75, 3.05) is 19.8 Å². The molecule has 0 radical (unpaired) electrons. The number of nitrogens with one attached hydrogen (secondary N) is 1. The highest BCUT2D eigenvalue weighted by molar-refractivity contribution is 6.07. The maximum Gasteiger partial charge on any atom is 0.325 e. The minimum absolute atomic E-state index is 0.226. The summed E-state index contributed by atoms with van der Waals surface area (Å²) in [5, 5.41) is 2.87. The van der Waals surface area contributed by atoms with Gasteiger partial charge in [0, 0.05) is 12.0 Å². The lowest BCUT2D eigenvalue weighted by Crippen LogP contribution is -2.47. The van der Waals surface area contributed by atoms with Crippen LogP contribution in [0.3, 0.4) is 0 Å². The molecule has 1 aromatic carbocycles. The van der Waals surface area contributed by atoms with Crippen molar-refractivity contribution in [1.29, 1.82) is 0 Å². The Hall–Kier alpha value is -2.08. The predicted octanol–water partition coefficient (Wildman–Crippen LogP) is 2.03. The van der Waals surface area contributed by atoms with Crippen molar-refractivity contribution in [3.8, 4) is 5.75 Å². The second-order valence-electron chi connectivity index (χ2n) is 6.85. The number of urea groups is 1. The first-order valence-corrected chi connectivity index (χ1v) is 7.84. The van der Waals surface area contributed by atoms with Gasteiger partial charge in [0.15, 0.2) is 5.54 Å². The van der Waals surface area contributed by atoms with Gasteiger partial charge in [-0.15, -0.1) is 0 Å². The summed E-state index contributed by atoms with van der Waals surface area (Å²) in [5.74, 6) is 0.427. The SMILES string of the molecule is CC(C)(C)OCCN1C(=O)N[C@@]2(CCOc3ccccc32)C1=O. The number of fused-ring (bicyclic) bond motifs is 2. The number of amides is 3. The van der Waals surface area contributed by atoms with Crippen molar-refractivity contribution < 1.29 is 19.1 Å². The molecule has 2 aliphatic heterocycles. The van der Waals surface area contributed by atoms with E-state index in [0.717, 1.165) is 5.56 Å². The van der Waals surface area contributed by atoms with Crippen LogP contribution in [0, 0.1) is 0 Å². The molecule has 0 unspecified atom stereocenters. The van der Waals surface area contributed by atoms with E-state index < -0.39 is 5.54 Å². The van der Waals surface area contributed by atoms with Crippen LogP contribution in [0.2, 0.25) is 0 Å². The van der Waals surface area contributed by atoms with Crippen LogP contribution in [0.25, 0.3) is 0 Å². The van der Waals surface area contributed by atoms with E-state index in [-0.39, 0.29) is 24.1 Å². The average molecular weight is 318 g/mol. The smallest absolute Gasteiger partial charge is 0.325 e. The third-order valence-electron chi connectivity index (χ3n) is 4.11. The quantitative estimate of drug-likeness (QED) is 0.866. The van der Waals surface area contributed by atoms with Gasteiger partial charge in [0.2, 0.25) is 0 Å². The van der Waals surface area contributed by atoms with Gasteiger partial charge in [-0.3, -0.25) is 9.69 Å². The van der Waals surface area contributed by atoms with Gasteiger partial charge in [-0.05, 0) is 26.8 Å². The molecule has 0 bridgehead atoms. The van der Waals surface area contributed by atoms with Gasteiger partial charge in [0.05, 0.1) is 25.4 Å². The zero-order valence-corrected chi connectivity index (χ0v) is 13.7. The summed E-state index contributed by atoms with van der Waals surface area (Å²) in [7, 11) is 0. The number of hydrogen-bond donors (Lipinski definition) is 1. The van der Waals surface area contributed by atoms with Gasteiger partial charge >= 0.3 is 6.03 Å². The molecule has 3 amide bonds. The molecule has 23 heavy (non-hydrogen) atoms. The minimum Gasteiger partial charge on any atom is -0.493 e. The number of para-hydroxylation sites is 1. The van der Waals surface area contributed by atoms with Crippen molar-refractivity contribution in [3.05, 3.63) is 29.8 Å². The van der Waals surface area contributed by atoms with Gasteiger partial charge < -0.3 is 14.8 Å². The first kappa shape index (κ1) is 15.8. The van der Waals surface area contributed by atoms with Crippen LogP contribution in [0.5, 0.6) is 5.75 Å². The Balaban J connectivity index is 1.82. The van der Waals surface area contributed by atoms with Gasteiger partial charge in [-0.2, -0.15) is 0 Å². The Morgan fingerprint density at radius 1 is 1.30 bits per heavy atom. The molecule has 2 heterocycles. The van der Waals surface area contributed by atoms with Crippen LogP contribution < -0.4 is 10.1 Å². The lowest BCUT2D eigenvalue weighted by Gasteiger charge is -2.33. The molecule has 1 saturated heterocycles. The number of benzene rings is 1. The van der Waals surface area contributed by atoms with E-state index in [1.165, 1.54) is 4.90 Å². The number of imide groups is 1. The van der Waals surface area contributed by atoms with Crippen LogP contribution in [0.4, 0.5) is 4.79 Å². The number of rotatable bonds is 3. The Morgan fingerprint density at radius 2 is 2.04 bits per heavy atom. The van der Waals surface area contributed by atoms with E-state index >= 15 is 0 Å². The normalized spacial score (nSPS) is 23.7. The first-order valence-electron chi connectivity index (χ1n) is 7.84. The van der Waals surface area contributed by atoms with Crippen LogP contribution in [0.15, 0.2) is 24.3 Å². The fourth-order valence-corrected chi connectivity index (χ4v) is 3.02. The highest BCUT2D eigenvalue weighted by Gasteiger charge is 2.54. The van der Waals surface area contributed by atoms with Crippen molar-refractivity contribution in [3.63, 3.8) is 0 Å². The molecule has 0 aliphatic carbocycles. The number of ether oxygens (including phenoxy) is 2. The summed E-state index contributed by atoms with van der Waals surface area (Å²) in [5.41, 5.74) is -0.584. The van der Waals surface area contributed by atoms with E-state index in [1.807, 2.05) is 45.0 Å². The molecule has 1 spiro atoms. The molecule has 2 aliphatic rings. The van der Waals surface area contributed by atoms with Gasteiger partial charge in [0.25, 0.3) is 5.91 Å². The number of nitrogens with zero attached hydrogens (tertiary/aromatic N) is 1. The van der Waals surface area contributed by atoms with E-state index in [1.54, 1.807) is 0 Å². The molecule has 6 nitrogen and oxygen atoms in total.